The number of aliphatic hydroxyl groups is 1. The van der Waals surface area contributed by atoms with Gasteiger partial charge in [0.1, 0.15) is 6.10 Å². The zero-order chi connectivity index (χ0) is 18.8. The number of carbonyl (C=O) groups excluding carboxylic acids is 3. The van der Waals surface area contributed by atoms with Gasteiger partial charge in [-0.25, -0.2) is 5.48 Å². The van der Waals surface area contributed by atoms with E-state index in [0.717, 1.165) is 0 Å². The highest BCUT2D eigenvalue weighted by atomic mass is 16.5. The van der Waals surface area contributed by atoms with E-state index in [9.17, 15) is 14.4 Å². The molecule has 0 radical (unpaired) electrons. The lowest BCUT2D eigenvalue weighted by Gasteiger charge is -2.15. The molecule has 0 aliphatic heterocycles. The Morgan fingerprint density at radius 3 is 2.24 bits per heavy atom. The Kier molecular flexibility index (Phi) is 7.67. The smallest absolute Gasteiger partial charge is 0.275 e. The predicted octanol–water partition coefficient (Wildman–Crippen LogP) is -1.23. The van der Waals surface area contributed by atoms with E-state index in [-0.39, 0.29) is 5.56 Å². The lowest BCUT2D eigenvalue weighted by atomic mass is 10.1. The minimum Gasteiger partial charge on any atom is -0.381 e. The Balaban J connectivity index is 2.84. The Hall–Kier alpha value is -3.33. The molecule has 25 heavy (non-hydrogen) atoms. The van der Waals surface area contributed by atoms with Crippen molar-refractivity contribution in [3.05, 3.63) is 35.4 Å². The third-order valence-electron chi connectivity index (χ3n) is 2.85. The fraction of sp³-hybridized carbons (Fsp3) is 0.235. The van der Waals surface area contributed by atoms with Crippen LogP contribution in [0.1, 0.15) is 22.8 Å². The number of hydrogen-bond donors (Lipinski definition) is 5. The molecule has 1 aromatic rings. The summed E-state index contributed by atoms with van der Waals surface area (Å²) in [4.78, 5) is 35.1. The predicted molar refractivity (Wildman–Crippen MR) is 88.0 cm³/mol. The average Bonchev–Trinajstić information content (AvgIpc) is 2.62. The number of rotatable bonds is 4. The van der Waals surface area contributed by atoms with Crippen molar-refractivity contribution in [2.75, 3.05) is 7.05 Å². The second kappa shape index (κ2) is 9.73. The van der Waals surface area contributed by atoms with Crippen LogP contribution < -0.4 is 16.1 Å². The summed E-state index contributed by atoms with van der Waals surface area (Å²) in [5, 5.41) is 22.0. The van der Waals surface area contributed by atoms with Crippen LogP contribution in [0.15, 0.2) is 24.3 Å². The number of aliphatic hydroxyl groups excluding tert-OH is 1. The molecule has 0 heterocycles. The molecular formula is C17H17N3O5. The molecule has 0 fully saturated rings. The van der Waals surface area contributed by atoms with Gasteiger partial charge in [0, 0.05) is 18.2 Å². The van der Waals surface area contributed by atoms with Crippen molar-refractivity contribution >= 4 is 17.7 Å². The molecule has 0 spiro atoms. The largest absolute Gasteiger partial charge is 0.381 e. The fourth-order valence-electron chi connectivity index (χ4n) is 1.62. The summed E-state index contributed by atoms with van der Waals surface area (Å²) in [6.45, 7) is 1.52. The lowest BCUT2D eigenvalue weighted by Crippen LogP contribution is -2.54. The molecule has 1 rings (SSSR count). The fourth-order valence-corrected chi connectivity index (χ4v) is 1.62. The zero-order valence-electron chi connectivity index (χ0n) is 13.6. The number of hydrogen-bond acceptors (Lipinski definition) is 5. The molecule has 0 aromatic heterocycles. The summed E-state index contributed by atoms with van der Waals surface area (Å²) in [6, 6.07) is 4.47. The first kappa shape index (κ1) is 19.7. The summed E-state index contributed by atoms with van der Waals surface area (Å²) < 4.78 is 0. The van der Waals surface area contributed by atoms with E-state index < -0.39 is 29.9 Å². The number of likely N-dealkylation sites (N-methyl/N-ethyl adjacent to an activating group) is 1. The van der Waals surface area contributed by atoms with Crippen LogP contribution in [0.2, 0.25) is 0 Å². The van der Waals surface area contributed by atoms with Crippen LogP contribution in [0.5, 0.6) is 0 Å². The highest BCUT2D eigenvalue weighted by Crippen LogP contribution is 2.04. The van der Waals surface area contributed by atoms with Gasteiger partial charge in [0.2, 0.25) is 0 Å². The first-order valence-corrected chi connectivity index (χ1v) is 7.15. The molecule has 0 aliphatic rings. The highest BCUT2D eigenvalue weighted by molar-refractivity contribution is 6.08. The Morgan fingerprint density at radius 1 is 1.08 bits per heavy atom. The van der Waals surface area contributed by atoms with Crippen molar-refractivity contribution in [3.63, 3.8) is 0 Å². The molecule has 2 unspecified atom stereocenters. The van der Waals surface area contributed by atoms with Crippen LogP contribution >= 0.6 is 0 Å². The highest BCUT2D eigenvalue weighted by Gasteiger charge is 2.27. The average molecular weight is 343 g/mol. The van der Waals surface area contributed by atoms with Crippen molar-refractivity contribution < 1.29 is 24.7 Å². The minimum absolute atomic E-state index is 0.195. The molecule has 2 atom stereocenters. The molecule has 5 N–H and O–H groups in total. The number of hydroxylamine groups is 1. The molecule has 8 heteroatoms. The summed E-state index contributed by atoms with van der Waals surface area (Å²) in [5.41, 5.74) is 2.10. The quantitative estimate of drug-likeness (QED) is 0.202. The van der Waals surface area contributed by atoms with Gasteiger partial charge in [-0.05, 0) is 43.0 Å². The van der Waals surface area contributed by atoms with Crippen LogP contribution in [0, 0.1) is 23.7 Å². The summed E-state index contributed by atoms with van der Waals surface area (Å²) in [7, 11) is 1.29. The van der Waals surface area contributed by atoms with Crippen molar-refractivity contribution in [2.45, 2.75) is 19.1 Å². The Morgan fingerprint density at radius 2 is 1.72 bits per heavy atom. The zero-order valence-corrected chi connectivity index (χ0v) is 13.6. The standard InChI is InChI=1S/C17H17N3O5/c1-11(21)5-3-4-6-12-7-9-13(10-8-12)15(22)19-14(16(23)18-2)17(24)20-25/h7-11,14,21,25H,1-2H3,(H,18,23)(H,19,22)(H,20,24). The summed E-state index contributed by atoms with van der Waals surface area (Å²) in [6.07, 6.45) is -0.759. The molecule has 0 bridgehead atoms. The summed E-state index contributed by atoms with van der Waals surface area (Å²) >= 11 is 0. The second-order valence-corrected chi connectivity index (χ2v) is 4.77. The first-order valence-electron chi connectivity index (χ1n) is 7.15. The van der Waals surface area contributed by atoms with Crippen molar-refractivity contribution in [1.29, 1.82) is 0 Å². The minimum atomic E-state index is -1.57. The van der Waals surface area contributed by atoms with Crippen molar-refractivity contribution in [3.8, 4) is 23.7 Å². The maximum atomic E-state index is 12.1. The Labute approximate surface area is 144 Å². The van der Waals surface area contributed by atoms with Gasteiger partial charge in [0.05, 0.1) is 0 Å². The molecule has 8 nitrogen and oxygen atoms in total. The van der Waals surface area contributed by atoms with E-state index in [1.54, 1.807) is 12.1 Å². The first-order chi connectivity index (χ1) is 11.9. The van der Waals surface area contributed by atoms with E-state index in [2.05, 4.69) is 34.3 Å². The third kappa shape index (κ3) is 6.36. The molecule has 0 saturated carbocycles. The maximum Gasteiger partial charge on any atom is 0.275 e. The summed E-state index contributed by atoms with van der Waals surface area (Å²) in [5.74, 6) is 7.72. The second-order valence-electron chi connectivity index (χ2n) is 4.77. The van der Waals surface area contributed by atoms with Gasteiger partial charge in [0.15, 0.2) is 6.04 Å². The third-order valence-corrected chi connectivity index (χ3v) is 2.85. The van der Waals surface area contributed by atoms with Gasteiger partial charge in [-0.3, -0.25) is 19.6 Å². The van der Waals surface area contributed by atoms with Gasteiger partial charge < -0.3 is 15.7 Å². The van der Waals surface area contributed by atoms with E-state index in [1.807, 2.05) is 0 Å². The van der Waals surface area contributed by atoms with Crippen molar-refractivity contribution in [2.24, 2.45) is 0 Å². The SMILES string of the molecule is CNC(=O)C(NC(=O)c1ccc(C#CC#CC(C)O)cc1)C(=O)NO. The van der Waals surface area contributed by atoms with Gasteiger partial charge in [-0.1, -0.05) is 11.8 Å². The molecule has 3 amide bonds. The van der Waals surface area contributed by atoms with Gasteiger partial charge in [0.25, 0.3) is 17.7 Å². The van der Waals surface area contributed by atoms with Crippen LogP contribution in [-0.4, -0.2) is 47.2 Å². The number of benzene rings is 1. The lowest BCUT2D eigenvalue weighted by molar-refractivity contribution is -0.137. The van der Waals surface area contributed by atoms with E-state index in [4.69, 9.17) is 10.3 Å². The maximum absolute atomic E-state index is 12.1. The van der Waals surface area contributed by atoms with Gasteiger partial charge in [-0.15, -0.1) is 0 Å². The van der Waals surface area contributed by atoms with E-state index in [0.29, 0.717) is 5.56 Å². The van der Waals surface area contributed by atoms with Gasteiger partial charge in [-0.2, -0.15) is 0 Å². The molecular weight excluding hydrogens is 326 g/mol. The number of amides is 3. The molecule has 130 valence electrons. The van der Waals surface area contributed by atoms with E-state index in [1.165, 1.54) is 31.6 Å². The Bertz CT molecular complexity index is 747. The van der Waals surface area contributed by atoms with Crippen molar-refractivity contribution in [1.82, 2.24) is 16.1 Å². The van der Waals surface area contributed by atoms with E-state index >= 15 is 0 Å². The normalized spacial score (nSPS) is 11.5. The monoisotopic (exact) mass is 343 g/mol. The van der Waals surface area contributed by atoms with Crippen LogP contribution in [0.4, 0.5) is 0 Å². The van der Waals surface area contributed by atoms with Crippen LogP contribution in [0.25, 0.3) is 0 Å². The number of nitrogens with one attached hydrogen (secondary N) is 3. The van der Waals surface area contributed by atoms with Crippen LogP contribution in [0.3, 0.4) is 0 Å². The van der Waals surface area contributed by atoms with Gasteiger partial charge >= 0.3 is 0 Å². The topological polar surface area (TPSA) is 128 Å². The molecule has 1 aromatic carbocycles. The number of carbonyl (C=O) groups is 3. The molecule has 0 saturated heterocycles. The van der Waals surface area contributed by atoms with Crippen LogP contribution in [-0.2, 0) is 9.59 Å². The molecule has 0 aliphatic carbocycles.